The van der Waals surface area contributed by atoms with Gasteiger partial charge in [0.1, 0.15) is 5.82 Å². The largest absolute Gasteiger partial charge is 0.378 e. The van der Waals surface area contributed by atoms with Crippen molar-refractivity contribution in [3.8, 4) is 0 Å². The quantitative estimate of drug-likeness (QED) is 0.919. The molecule has 2 aliphatic rings. The molecule has 4 rings (SSSR count). The summed E-state index contributed by atoms with van der Waals surface area (Å²) < 4.78 is 25.6. The average Bonchev–Trinajstić information content (AvgIpc) is 2.92. The van der Waals surface area contributed by atoms with Crippen molar-refractivity contribution < 1.29 is 13.9 Å². The Balaban J connectivity index is 1.49. The lowest BCUT2D eigenvalue weighted by Crippen LogP contribution is -2.55. The molecule has 0 aliphatic carbocycles. The van der Waals surface area contributed by atoms with E-state index >= 15 is 0 Å². The number of H-pyrrole nitrogens is 1. The van der Waals surface area contributed by atoms with Crippen LogP contribution in [0.3, 0.4) is 0 Å². The lowest BCUT2D eigenvalue weighted by atomic mass is 9.81. The normalized spacial score (nSPS) is 24.2. The molecule has 5 heteroatoms. The molecule has 1 aromatic carbocycles. The molecule has 1 aromatic heterocycles. The number of hydrogen-bond acceptors (Lipinski definition) is 3. The summed E-state index contributed by atoms with van der Waals surface area (Å²) in [5, 5.41) is 1.00. The zero-order valence-electron chi connectivity index (χ0n) is 15.1. The van der Waals surface area contributed by atoms with Crippen molar-refractivity contribution >= 4 is 10.9 Å². The maximum atomic E-state index is 13.7. The molecule has 3 heterocycles. The van der Waals surface area contributed by atoms with E-state index in [0.717, 1.165) is 68.5 Å². The van der Waals surface area contributed by atoms with Crippen molar-refractivity contribution in [3.63, 3.8) is 0 Å². The van der Waals surface area contributed by atoms with Crippen molar-refractivity contribution in [3.05, 3.63) is 35.3 Å². The van der Waals surface area contributed by atoms with Crippen LogP contribution in [0.25, 0.3) is 10.9 Å². The average molecular weight is 346 g/mol. The lowest BCUT2D eigenvalue weighted by Gasteiger charge is -2.48. The Morgan fingerprint density at radius 2 is 2.16 bits per heavy atom. The third-order valence-electron chi connectivity index (χ3n) is 6.04. The molecule has 2 saturated heterocycles. The fourth-order valence-electron chi connectivity index (χ4n) is 4.57. The Morgan fingerprint density at radius 1 is 1.36 bits per heavy atom. The van der Waals surface area contributed by atoms with Crippen molar-refractivity contribution in [2.75, 3.05) is 26.8 Å². The van der Waals surface area contributed by atoms with Crippen molar-refractivity contribution in [1.29, 1.82) is 0 Å². The molecule has 0 radical (unpaired) electrons. The van der Waals surface area contributed by atoms with Gasteiger partial charge in [-0.25, -0.2) is 4.39 Å². The van der Waals surface area contributed by atoms with E-state index in [1.165, 1.54) is 11.6 Å². The van der Waals surface area contributed by atoms with Crippen LogP contribution in [0.15, 0.2) is 18.2 Å². The standard InChI is InChI=1S/C20H27FN2O2/c1-14-17(16-12-15(21)5-6-18(16)22-14)13-23-9-7-20(8-10-23)19(24-2)4-3-11-25-20/h5-6,12,19,22H,3-4,7-11,13H2,1-2H3/t19-/m1/s1. The Morgan fingerprint density at radius 3 is 2.92 bits per heavy atom. The van der Waals surface area contributed by atoms with Gasteiger partial charge >= 0.3 is 0 Å². The van der Waals surface area contributed by atoms with Gasteiger partial charge in [0, 0.05) is 49.9 Å². The van der Waals surface area contributed by atoms with Gasteiger partial charge in [-0.15, -0.1) is 0 Å². The Bertz CT molecular complexity index is 749. The van der Waals surface area contributed by atoms with E-state index < -0.39 is 0 Å². The number of methoxy groups -OCH3 is 1. The number of aryl methyl sites for hydroxylation is 1. The second-order valence-corrected chi connectivity index (χ2v) is 7.47. The van der Waals surface area contributed by atoms with Crippen LogP contribution < -0.4 is 0 Å². The number of fused-ring (bicyclic) bond motifs is 1. The summed E-state index contributed by atoms with van der Waals surface area (Å²) in [7, 11) is 1.80. The molecule has 2 fully saturated rings. The second kappa shape index (κ2) is 6.71. The number of rotatable bonds is 3. The maximum absolute atomic E-state index is 13.7. The van der Waals surface area contributed by atoms with E-state index in [9.17, 15) is 4.39 Å². The van der Waals surface area contributed by atoms with Gasteiger partial charge in [-0.2, -0.15) is 0 Å². The molecule has 1 atom stereocenters. The molecule has 0 amide bonds. The molecule has 136 valence electrons. The summed E-state index contributed by atoms with van der Waals surface area (Å²) in [5.41, 5.74) is 3.24. The van der Waals surface area contributed by atoms with Crippen molar-refractivity contribution in [2.45, 2.75) is 50.9 Å². The fraction of sp³-hybridized carbons (Fsp3) is 0.600. The number of benzene rings is 1. The minimum atomic E-state index is -0.177. The maximum Gasteiger partial charge on any atom is 0.123 e. The number of aromatic amines is 1. The second-order valence-electron chi connectivity index (χ2n) is 7.47. The highest BCUT2D eigenvalue weighted by Gasteiger charge is 2.44. The molecule has 4 nitrogen and oxygen atoms in total. The molecule has 2 aromatic rings. The van der Waals surface area contributed by atoms with E-state index in [1.807, 2.05) is 6.07 Å². The highest BCUT2D eigenvalue weighted by Crippen LogP contribution is 2.37. The molecular weight excluding hydrogens is 319 g/mol. The zero-order chi connectivity index (χ0) is 17.4. The van der Waals surface area contributed by atoms with Crippen LogP contribution in [-0.4, -0.2) is 48.4 Å². The van der Waals surface area contributed by atoms with Gasteiger partial charge in [-0.1, -0.05) is 0 Å². The van der Waals surface area contributed by atoms with Crippen LogP contribution in [0.1, 0.15) is 36.9 Å². The van der Waals surface area contributed by atoms with E-state index in [-0.39, 0.29) is 17.5 Å². The Hall–Kier alpha value is -1.43. The molecule has 0 saturated carbocycles. The van der Waals surface area contributed by atoms with E-state index in [0.29, 0.717) is 0 Å². The third kappa shape index (κ3) is 3.09. The number of likely N-dealkylation sites (tertiary alicyclic amines) is 1. The lowest BCUT2D eigenvalue weighted by molar-refractivity contribution is -0.186. The summed E-state index contributed by atoms with van der Waals surface area (Å²) in [6.45, 7) is 5.75. The zero-order valence-corrected chi connectivity index (χ0v) is 15.1. The number of nitrogens with one attached hydrogen (secondary N) is 1. The van der Waals surface area contributed by atoms with Crippen LogP contribution in [0.5, 0.6) is 0 Å². The summed E-state index contributed by atoms with van der Waals surface area (Å²) in [6, 6.07) is 4.98. The number of piperidine rings is 1. The van der Waals surface area contributed by atoms with E-state index in [2.05, 4.69) is 16.8 Å². The summed E-state index contributed by atoms with van der Waals surface area (Å²) in [4.78, 5) is 5.83. The first-order chi connectivity index (χ1) is 12.1. The molecule has 25 heavy (non-hydrogen) atoms. The fourth-order valence-corrected chi connectivity index (χ4v) is 4.57. The molecule has 2 aliphatic heterocycles. The summed E-state index contributed by atoms with van der Waals surface area (Å²) >= 11 is 0. The SMILES string of the molecule is CO[C@@H]1CCCOC12CCN(Cc1c(C)[nH]c3ccc(F)cc13)CC2. The van der Waals surface area contributed by atoms with Gasteiger partial charge in [0.05, 0.1) is 11.7 Å². The number of aromatic nitrogens is 1. The van der Waals surface area contributed by atoms with E-state index in [1.54, 1.807) is 13.2 Å². The van der Waals surface area contributed by atoms with Crippen LogP contribution in [-0.2, 0) is 16.0 Å². The van der Waals surface area contributed by atoms with Crippen LogP contribution in [0.2, 0.25) is 0 Å². The predicted molar refractivity (Wildman–Crippen MR) is 96.2 cm³/mol. The van der Waals surface area contributed by atoms with Gasteiger partial charge in [0.25, 0.3) is 0 Å². The summed E-state index contributed by atoms with van der Waals surface area (Å²) in [6.07, 6.45) is 4.40. The smallest absolute Gasteiger partial charge is 0.123 e. The predicted octanol–water partition coefficient (Wildman–Crippen LogP) is 3.78. The van der Waals surface area contributed by atoms with Crippen LogP contribution >= 0.6 is 0 Å². The number of hydrogen-bond donors (Lipinski definition) is 1. The number of nitrogens with zero attached hydrogens (tertiary/aromatic N) is 1. The molecule has 1 N–H and O–H groups in total. The highest BCUT2D eigenvalue weighted by atomic mass is 19.1. The van der Waals surface area contributed by atoms with Crippen LogP contribution in [0, 0.1) is 12.7 Å². The molecule has 1 spiro atoms. The highest BCUT2D eigenvalue weighted by molar-refractivity contribution is 5.84. The third-order valence-corrected chi connectivity index (χ3v) is 6.04. The summed E-state index contributed by atoms with van der Waals surface area (Å²) in [5.74, 6) is -0.177. The van der Waals surface area contributed by atoms with Gasteiger partial charge in [-0.05, 0) is 56.4 Å². The first-order valence-electron chi connectivity index (χ1n) is 9.27. The first kappa shape index (κ1) is 17.0. The number of ether oxygens (including phenoxy) is 2. The van der Waals surface area contributed by atoms with Crippen molar-refractivity contribution in [1.82, 2.24) is 9.88 Å². The minimum Gasteiger partial charge on any atom is -0.378 e. The van der Waals surface area contributed by atoms with Crippen LogP contribution in [0.4, 0.5) is 4.39 Å². The number of halogens is 1. The van der Waals surface area contributed by atoms with Gasteiger partial charge in [-0.3, -0.25) is 4.90 Å². The van der Waals surface area contributed by atoms with Gasteiger partial charge in [0.15, 0.2) is 0 Å². The van der Waals surface area contributed by atoms with Gasteiger partial charge in [0.2, 0.25) is 0 Å². The first-order valence-corrected chi connectivity index (χ1v) is 9.27. The van der Waals surface area contributed by atoms with Crippen molar-refractivity contribution in [2.24, 2.45) is 0 Å². The monoisotopic (exact) mass is 346 g/mol. The topological polar surface area (TPSA) is 37.5 Å². The molecule has 0 bridgehead atoms. The Labute approximate surface area is 148 Å². The molecular formula is C20H27FN2O2. The van der Waals surface area contributed by atoms with E-state index in [4.69, 9.17) is 9.47 Å². The minimum absolute atomic E-state index is 0.106. The molecule has 0 unspecified atom stereocenters. The van der Waals surface area contributed by atoms with Gasteiger partial charge < -0.3 is 14.5 Å². The Kier molecular flexibility index (Phi) is 4.56.